The van der Waals surface area contributed by atoms with E-state index in [0.717, 1.165) is 17.8 Å². The summed E-state index contributed by atoms with van der Waals surface area (Å²) in [5.74, 6) is 2.76. The molecule has 2 aliphatic rings. The van der Waals surface area contributed by atoms with Crippen molar-refractivity contribution >= 4 is 0 Å². The molecule has 0 aromatic heterocycles. The highest BCUT2D eigenvalue weighted by Gasteiger charge is 2.56. The van der Waals surface area contributed by atoms with Gasteiger partial charge in [-0.15, -0.1) is 0 Å². The molecule has 0 nitrogen and oxygen atoms in total. The van der Waals surface area contributed by atoms with Crippen molar-refractivity contribution in [2.24, 2.45) is 23.2 Å². The first-order valence-electron chi connectivity index (χ1n) is 4.30. The Balaban J connectivity index is 2.16. The third-order valence-electron chi connectivity index (χ3n) is 3.41. The van der Waals surface area contributed by atoms with Gasteiger partial charge in [-0.05, 0) is 29.6 Å². The Morgan fingerprint density at radius 1 is 1.30 bits per heavy atom. The van der Waals surface area contributed by atoms with Gasteiger partial charge in [0.2, 0.25) is 0 Å². The Morgan fingerprint density at radius 3 is 2.50 bits per heavy atom. The van der Waals surface area contributed by atoms with Crippen molar-refractivity contribution in [2.45, 2.75) is 27.2 Å². The first kappa shape index (κ1) is 6.45. The van der Waals surface area contributed by atoms with Gasteiger partial charge in [0, 0.05) is 0 Å². The van der Waals surface area contributed by atoms with Crippen molar-refractivity contribution in [1.82, 2.24) is 0 Å². The Hall–Kier alpha value is -0.260. The minimum Gasteiger partial charge on any atom is -0.0854 e. The summed E-state index contributed by atoms with van der Waals surface area (Å²) in [5, 5.41) is 0. The quantitative estimate of drug-likeness (QED) is 0.449. The number of hydrogen-bond acceptors (Lipinski definition) is 0. The highest BCUT2D eigenvalue weighted by atomic mass is 14.6. The van der Waals surface area contributed by atoms with E-state index in [1.165, 1.54) is 6.42 Å². The van der Waals surface area contributed by atoms with Crippen molar-refractivity contribution in [1.29, 1.82) is 0 Å². The lowest BCUT2D eigenvalue weighted by Crippen LogP contribution is -1.97. The molecule has 0 bridgehead atoms. The summed E-state index contributed by atoms with van der Waals surface area (Å²) in [6.07, 6.45) is 6.24. The number of rotatable bonds is 0. The topological polar surface area (TPSA) is 0 Å². The van der Waals surface area contributed by atoms with Crippen LogP contribution in [0, 0.1) is 23.2 Å². The van der Waals surface area contributed by atoms with Crippen LogP contribution in [0.2, 0.25) is 0 Å². The highest BCUT2D eigenvalue weighted by molar-refractivity contribution is 5.18. The molecular formula is C10H16. The molecule has 0 spiro atoms. The number of allylic oxidation sites excluding steroid dienone is 2. The first-order valence-corrected chi connectivity index (χ1v) is 4.30. The molecule has 0 aromatic rings. The van der Waals surface area contributed by atoms with Gasteiger partial charge in [-0.2, -0.15) is 0 Å². The van der Waals surface area contributed by atoms with Gasteiger partial charge < -0.3 is 0 Å². The van der Waals surface area contributed by atoms with Crippen LogP contribution in [0.3, 0.4) is 0 Å². The summed E-state index contributed by atoms with van der Waals surface area (Å²) in [6, 6.07) is 0. The SMILES string of the molecule is CC1C=C[C@@H]2[C@H](C1)C2(C)C. The van der Waals surface area contributed by atoms with Crippen molar-refractivity contribution < 1.29 is 0 Å². The Morgan fingerprint density at radius 2 is 2.00 bits per heavy atom. The van der Waals surface area contributed by atoms with Crippen LogP contribution >= 0.6 is 0 Å². The van der Waals surface area contributed by atoms with Crippen molar-refractivity contribution in [3.05, 3.63) is 12.2 Å². The standard InChI is InChI=1S/C10H16/c1-7-4-5-8-9(6-7)10(8,2)3/h4-5,7-9H,6H2,1-3H3/t7?,8-,9+/m1/s1. The lowest BCUT2D eigenvalue weighted by Gasteiger charge is -2.08. The van der Waals surface area contributed by atoms with E-state index in [4.69, 9.17) is 0 Å². The molecule has 1 saturated carbocycles. The van der Waals surface area contributed by atoms with Gasteiger partial charge in [0.1, 0.15) is 0 Å². The van der Waals surface area contributed by atoms with E-state index >= 15 is 0 Å². The van der Waals surface area contributed by atoms with Gasteiger partial charge in [0.05, 0.1) is 0 Å². The molecule has 0 heteroatoms. The smallest absolute Gasteiger partial charge is 0.0145 e. The van der Waals surface area contributed by atoms with Crippen molar-refractivity contribution in [3.63, 3.8) is 0 Å². The van der Waals surface area contributed by atoms with Crippen LogP contribution in [-0.2, 0) is 0 Å². The predicted octanol–water partition coefficient (Wildman–Crippen LogP) is 2.85. The molecular weight excluding hydrogens is 120 g/mol. The zero-order valence-electron chi connectivity index (χ0n) is 7.09. The summed E-state index contributed by atoms with van der Waals surface area (Å²) in [5.41, 5.74) is 0.640. The molecule has 0 heterocycles. The number of hydrogen-bond donors (Lipinski definition) is 0. The molecule has 0 N–H and O–H groups in total. The van der Waals surface area contributed by atoms with Crippen LogP contribution in [0.4, 0.5) is 0 Å². The fourth-order valence-corrected chi connectivity index (χ4v) is 2.41. The summed E-state index contributed by atoms with van der Waals surface area (Å²) in [4.78, 5) is 0. The van der Waals surface area contributed by atoms with Gasteiger partial charge >= 0.3 is 0 Å². The fourth-order valence-electron chi connectivity index (χ4n) is 2.41. The zero-order chi connectivity index (χ0) is 7.35. The van der Waals surface area contributed by atoms with Gasteiger partial charge in [0.25, 0.3) is 0 Å². The van der Waals surface area contributed by atoms with Gasteiger partial charge in [-0.1, -0.05) is 32.9 Å². The van der Waals surface area contributed by atoms with E-state index in [1.54, 1.807) is 0 Å². The van der Waals surface area contributed by atoms with Gasteiger partial charge in [0.15, 0.2) is 0 Å². The van der Waals surface area contributed by atoms with Crippen molar-refractivity contribution in [2.75, 3.05) is 0 Å². The average molecular weight is 136 g/mol. The van der Waals surface area contributed by atoms with E-state index in [-0.39, 0.29) is 0 Å². The molecule has 1 fully saturated rings. The maximum absolute atomic E-state index is 2.43. The monoisotopic (exact) mass is 136 g/mol. The Labute approximate surface area is 63.3 Å². The normalized spacial score (nSPS) is 48.5. The lowest BCUT2D eigenvalue weighted by molar-refractivity contribution is 0.487. The zero-order valence-corrected chi connectivity index (χ0v) is 7.09. The van der Waals surface area contributed by atoms with Crippen LogP contribution in [-0.4, -0.2) is 0 Å². The Kier molecular flexibility index (Phi) is 1.07. The van der Waals surface area contributed by atoms with Crippen molar-refractivity contribution in [3.8, 4) is 0 Å². The minimum atomic E-state index is 0.640. The molecule has 0 aromatic carbocycles. The molecule has 1 unspecified atom stereocenters. The van der Waals surface area contributed by atoms with Gasteiger partial charge in [-0.25, -0.2) is 0 Å². The summed E-state index contributed by atoms with van der Waals surface area (Å²) in [6.45, 7) is 7.11. The van der Waals surface area contributed by atoms with E-state index in [1.807, 2.05) is 0 Å². The number of fused-ring (bicyclic) bond motifs is 1. The summed E-state index contributed by atoms with van der Waals surface area (Å²) < 4.78 is 0. The average Bonchev–Trinajstić information content (AvgIpc) is 2.36. The lowest BCUT2D eigenvalue weighted by atomic mass is 9.97. The maximum Gasteiger partial charge on any atom is -0.0145 e. The predicted molar refractivity (Wildman–Crippen MR) is 43.7 cm³/mol. The molecule has 10 heavy (non-hydrogen) atoms. The molecule has 2 rings (SSSR count). The van der Waals surface area contributed by atoms with Crippen LogP contribution in [0.15, 0.2) is 12.2 Å². The molecule has 2 aliphatic carbocycles. The third kappa shape index (κ3) is 0.680. The first-order chi connectivity index (χ1) is 4.62. The molecule has 0 aliphatic heterocycles. The highest BCUT2D eigenvalue weighted by Crippen LogP contribution is 2.63. The van der Waals surface area contributed by atoms with Gasteiger partial charge in [-0.3, -0.25) is 0 Å². The minimum absolute atomic E-state index is 0.640. The second-order valence-corrected chi connectivity index (χ2v) is 4.55. The molecule has 56 valence electrons. The second-order valence-electron chi connectivity index (χ2n) is 4.55. The molecule has 0 radical (unpaired) electrons. The van der Waals surface area contributed by atoms with E-state index in [9.17, 15) is 0 Å². The second kappa shape index (κ2) is 1.66. The van der Waals surface area contributed by atoms with E-state index < -0.39 is 0 Å². The third-order valence-corrected chi connectivity index (χ3v) is 3.41. The molecule has 0 amide bonds. The molecule has 3 atom stereocenters. The van der Waals surface area contributed by atoms with Crippen LogP contribution in [0.5, 0.6) is 0 Å². The van der Waals surface area contributed by atoms with E-state index in [2.05, 4.69) is 32.9 Å². The molecule has 0 saturated heterocycles. The van der Waals surface area contributed by atoms with Crippen LogP contribution in [0.25, 0.3) is 0 Å². The summed E-state index contributed by atoms with van der Waals surface area (Å²) >= 11 is 0. The Bertz CT molecular complexity index is 176. The largest absolute Gasteiger partial charge is 0.0854 e. The fraction of sp³-hybridized carbons (Fsp3) is 0.800. The summed E-state index contributed by atoms with van der Waals surface area (Å²) in [7, 11) is 0. The van der Waals surface area contributed by atoms with Crippen LogP contribution < -0.4 is 0 Å². The van der Waals surface area contributed by atoms with Crippen LogP contribution in [0.1, 0.15) is 27.2 Å². The maximum atomic E-state index is 2.43. The van der Waals surface area contributed by atoms with E-state index in [0.29, 0.717) is 5.41 Å².